The average Bonchev–Trinajstić information content (AvgIpc) is 3.48. The van der Waals surface area contributed by atoms with Crippen molar-refractivity contribution in [2.24, 2.45) is 0 Å². The molecule has 1 aromatic carbocycles. The number of hydrogen-bond acceptors (Lipinski definition) is 5. The molecular weight excluding hydrogens is 384 g/mol. The molecule has 30 heavy (non-hydrogen) atoms. The molecule has 0 radical (unpaired) electrons. The van der Waals surface area contributed by atoms with Crippen molar-refractivity contribution >= 4 is 33.1 Å². The first kappa shape index (κ1) is 17.1. The number of aromatic amines is 2. The molecule has 8 heteroatoms. The van der Waals surface area contributed by atoms with E-state index in [4.69, 9.17) is 4.42 Å². The van der Waals surface area contributed by atoms with Crippen molar-refractivity contribution < 1.29 is 9.52 Å². The van der Waals surface area contributed by atoms with Crippen LogP contribution in [0.25, 0.3) is 44.2 Å². The molecule has 1 saturated carbocycles. The third-order valence-corrected chi connectivity index (χ3v) is 6.08. The fourth-order valence-corrected chi connectivity index (χ4v) is 4.69. The van der Waals surface area contributed by atoms with Gasteiger partial charge in [0.05, 0.1) is 16.9 Å². The van der Waals surface area contributed by atoms with E-state index in [2.05, 4.69) is 15.1 Å². The SMILES string of the molecule is O=c1ccc2c(oc3c(-c4cccnc4)c4c(=O)[nH]n(C5CCCC5)c4[nH]c32)c1O. The molecular formula is C22H18N4O4. The molecule has 0 spiro atoms. The number of pyridine rings is 2. The highest BCUT2D eigenvalue weighted by Crippen LogP contribution is 2.40. The molecule has 0 aliphatic heterocycles. The quantitative estimate of drug-likeness (QED) is 0.415. The number of phenols is 1. The molecule has 1 aliphatic rings. The maximum atomic E-state index is 13.1. The lowest BCUT2D eigenvalue weighted by molar-refractivity contribution is 0.464. The van der Waals surface area contributed by atoms with Crippen LogP contribution < -0.4 is 11.0 Å². The molecule has 5 aromatic rings. The second-order valence-electron chi connectivity index (χ2n) is 7.81. The molecule has 4 aromatic heterocycles. The molecule has 1 aliphatic carbocycles. The molecule has 0 saturated heterocycles. The van der Waals surface area contributed by atoms with E-state index in [1.54, 1.807) is 24.5 Å². The van der Waals surface area contributed by atoms with Gasteiger partial charge in [-0.25, -0.2) is 0 Å². The number of H-pyrrole nitrogens is 2. The number of aromatic nitrogens is 4. The lowest BCUT2D eigenvalue weighted by atomic mass is 10.0. The number of phenolic OH excluding ortho intramolecular Hbond substituents is 1. The standard InChI is InChI=1S/C22H18N4O4/c27-14-8-7-13-17-20(30-19(13)18(14)28)15(11-4-3-9-23-10-11)16-21(24-17)26(25-22(16)29)12-5-1-2-6-12/h3-4,7-10,12,24,28H,1-2,5-6H2,(H,25,29). The zero-order valence-corrected chi connectivity index (χ0v) is 15.9. The maximum Gasteiger partial charge on any atom is 0.274 e. The van der Waals surface area contributed by atoms with E-state index in [0.29, 0.717) is 33.1 Å². The van der Waals surface area contributed by atoms with Gasteiger partial charge in [-0.2, -0.15) is 0 Å². The highest BCUT2D eigenvalue weighted by atomic mass is 16.4. The van der Waals surface area contributed by atoms with Crippen molar-refractivity contribution in [3.8, 4) is 16.9 Å². The van der Waals surface area contributed by atoms with Crippen LogP contribution >= 0.6 is 0 Å². The lowest BCUT2D eigenvalue weighted by Crippen LogP contribution is -2.10. The first-order valence-electron chi connectivity index (χ1n) is 9.98. The minimum atomic E-state index is -0.512. The second kappa shape index (κ2) is 6.09. The fraction of sp³-hybridized carbons (Fsp3) is 0.227. The van der Waals surface area contributed by atoms with Crippen molar-refractivity contribution in [2.75, 3.05) is 0 Å². The predicted molar refractivity (Wildman–Crippen MR) is 113 cm³/mol. The molecule has 1 fully saturated rings. The van der Waals surface area contributed by atoms with Crippen LogP contribution in [-0.4, -0.2) is 24.9 Å². The van der Waals surface area contributed by atoms with Gasteiger partial charge in [-0.05, 0) is 31.0 Å². The Balaban J connectivity index is 1.84. The molecule has 6 rings (SSSR count). The summed E-state index contributed by atoms with van der Waals surface area (Å²) in [5, 5.41) is 14.4. The first-order chi connectivity index (χ1) is 14.6. The Morgan fingerprint density at radius 1 is 1.13 bits per heavy atom. The largest absolute Gasteiger partial charge is 0.502 e. The van der Waals surface area contributed by atoms with E-state index in [1.165, 1.54) is 6.07 Å². The number of fused-ring (bicyclic) bond motifs is 4. The van der Waals surface area contributed by atoms with Crippen LogP contribution in [0, 0.1) is 0 Å². The summed E-state index contributed by atoms with van der Waals surface area (Å²) in [6.07, 6.45) is 7.58. The van der Waals surface area contributed by atoms with Gasteiger partial charge in [0.2, 0.25) is 11.2 Å². The Labute approximate surface area is 168 Å². The number of furan rings is 1. The molecule has 3 N–H and O–H groups in total. The zero-order valence-electron chi connectivity index (χ0n) is 15.9. The Morgan fingerprint density at radius 2 is 1.97 bits per heavy atom. The van der Waals surface area contributed by atoms with Crippen LogP contribution in [0.2, 0.25) is 0 Å². The van der Waals surface area contributed by atoms with Crippen molar-refractivity contribution in [3.05, 3.63) is 57.2 Å². The van der Waals surface area contributed by atoms with Gasteiger partial charge < -0.3 is 14.5 Å². The van der Waals surface area contributed by atoms with Crippen LogP contribution in [0.4, 0.5) is 0 Å². The normalized spacial score (nSPS) is 15.1. The Morgan fingerprint density at radius 3 is 2.73 bits per heavy atom. The van der Waals surface area contributed by atoms with E-state index in [0.717, 1.165) is 31.2 Å². The summed E-state index contributed by atoms with van der Waals surface area (Å²) in [6.45, 7) is 0. The van der Waals surface area contributed by atoms with Crippen molar-refractivity contribution in [1.29, 1.82) is 0 Å². The number of nitrogens with one attached hydrogen (secondary N) is 2. The Hall–Kier alpha value is -3.81. The zero-order chi connectivity index (χ0) is 20.4. The number of nitrogens with zero attached hydrogens (tertiary/aromatic N) is 2. The summed E-state index contributed by atoms with van der Waals surface area (Å²) < 4.78 is 7.90. The van der Waals surface area contributed by atoms with Gasteiger partial charge >= 0.3 is 0 Å². The topological polar surface area (TPSA) is 117 Å². The minimum Gasteiger partial charge on any atom is -0.502 e. The number of aromatic hydroxyl groups is 1. The van der Waals surface area contributed by atoms with Gasteiger partial charge in [0.25, 0.3) is 5.56 Å². The third-order valence-electron chi connectivity index (χ3n) is 6.08. The van der Waals surface area contributed by atoms with Crippen molar-refractivity contribution in [3.63, 3.8) is 0 Å². The summed E-state index contributed by atoms with van der Waals surface area (Å²) in [6, 6.07) is 6.81. The molecule has 4 heterocycles. The molecule has 8 nitrogen and oxygen atoms in total. The molecule has 0 amide bonds. The van der Waals surface area contributed by atoms with E-state index in [9.17, 15) is 14.7 Å². The van der Waals surface area contributed by atoms with Gasteiger partial charge in [0.15, 0.2) is 11.2 Å². The Kier molecular flexibility index (Phi) is 3.47. The van der Waals surface area contributed by atoms with Crippen LogP contribution in [0.5, 0.6) is 5.75 Å². The van der Waals surface area contributed by atoms with Crippen LogP contribution in [0.3, 0.4) is 0 Å². The van der Waals surface area contributed by atoms with E-state index in [-0.39, 0.29) is 17.2 Å². The van der Waals surface area contributed by atoms with Crippen LogP contribution in [-0.2, 0) is 0 Å². The van der Waals surface area contributed by atoms with E-state index in [1.807, 2.05) is 10.7 Å². The van der Waals surface area contributed by atoms with E-state index < -0.39 is 11.2 Å². The van der Waals surface area contributed by atoms with Gasteiger partial charge in [-0.15, -0.1) is 0 Å². The van der Waals surface area contributed by atoms with Gasteiger partial charge in [0, 0.05) is 28.9 Å². The summed E-state index contributed by atoms with van der Waals surface area (Å²) in [4.78, 5) is 32.6. The summed E-state index contributed by atoms with van der Waals surface area (Å²) in [5.74, 6) is -0.438. The second-order valence-corrected chi connectivity index (χ2v) is 7.81. The summed E-state index contributed by atoms with van der Waals surface area (Å²) >= 11 is 0. The predicted octanol–water partition coefficient (Wildman–Crippen LogP) is 3.80. The number of hydrogen-bond donors (Lipinski definition) is 3. The highest BCUT2D eigenvalue weighted by molar-refractivity contribution is 6.15. The van der Waals surface area contributed by atoms with Crippen molar-refractivity contribution in [1.82, 2.24) is 19.7 Å². The fourth-order valence-electron chi connectivity index (χ4n) is 4.69. The Bertz CT molecular complexity index is 1550. The van der Waals surface area contributed by atoms with Crippen molar-refractivity contribution in [2.45, 2.75) is 31.7 Å². The molecule has 0 unspecified atom stereocenters. The van der Waals surface area contributed by atoms with Crippen LogP contribution in [0.15, 0.2) is 50.7 Å². The van der Waals surface area contributed by atoms with E-state index >= 15 is 0 Å². The third kappa shape index (κ3) is 2.24. The smallest absolute Gasteiger partial charge is 0.274 e. The van der Waals surface area contributed by atoms with Gasteiger partial charge in [-0.1, -0.05) is 18.9 Å². The first-order valence-corrected chi connectivity index (χ1v) is 9.98. The van der Waals surface area contributed by atoms with Gasteiger partial charge in [-0.3, -0.25) is 24.4 Å². The number of benzene rings is 1. The highest BCUT2D eigenvalue weighted by Gasteiger charge is 2.26. The molecule has 0 atom stereocenters. The summed E-state index contributed by atoms with van der Waals surface area (Å²) in [7, 11) is 0. The molecule has 0 bridgehead atoms. The summed E-state index contributed by atoms with van der Waals surface area (Å²) in [5.41, 5.74) is 2.39. The maximum absolute atomic E-state index is 13.1. The lowest BCUT2D eigenvalue weighted by Gasteiger charge is -2.13. The molecule has 150 valence electrons. The average molecular weight is 402 g/mol. The van der Waals surface area contributed by atoms with Gasteiger partial charge in [0.1, 0.15) is 5.65 Å². The van der Waals surface area contributed by atoms with Crippen LogP contribution in [0.1, 0.15) is 31.7 Å². The monoisotopic (exact) mass is 402 g/mol. The number of rotatable bonds is 2. The minimum absolute atomic E-state index is 0.107.